The lowest BCUT2D eigenvalue weighted by Crippen LogP contribution is -2.38. The fourth-order valence-electron chi connectivity index (χ4n) is 7.44. The number of alkyl halides is 4. The SMILES string of the molecule is Cn1nc(NS(C)(=O)=O)c2c(Cl)ccc(-n3c([C@H](Cc4cc(F)cc(F)c4)NC(=O)Cn4nc(C(F)F)c5c4C(F)(F)[C@@H]4C[C@H]54)nc4ncc(Br)cc4c3=O)c21. The molecule has 3 atom stereocenters. The van der Waals surface area contributed by atoms with Gasteiger partial charge in [-0.1, -0.05) is 11.6 Å². The van der Waals surface area contributed by atoms with Crippen molar-refractivity contribution in [3.63, 3.8) is 0 Å². The van der Waals surface area contributed by atoms with Crippen LogP contribution >= 0.6 is 27.5 Å². The second-order valence-corrected chi connectivity index (χ2v) is 16.6. The maximum atomic E-state index is 15.4. The first-order valence-electron chi connectivity index (χ1n) is 16.5. The van der Waals surface area contributed by atoms with Gasteiger partial charge in [0.05, 0.1) is 39.3 Å². The highest BCUT2D eigenvalue weighted by molar-refractivity contribution is 9.10. The third-order valence-corrected chi connectivity index (χ3v) is 10.9. The van der Waals surface area contributed by atoms with E-state index in [4.69, 9.17) is 11.6 Å². The molecule has 0 aliphatic heterocycles. The molecule has 0 radical (unpaired) electrons. The molecule has 13 nitrogen and oxygen atoms in total. The van der Waals surface area contributed by atoms with E-state index in [0.717, 1.165) is 23.0 Å². The Kier molecular flexibility index (Phi) is 8.99. The molecular formula is C34H25BrClF6N9O4S. The molecule has 0 saturated heterocycles. The predicted molar refractivity (Wildman–Crippen MR) is 193 cm³/mol. The van der Waals surface area contributed by atoms with Gasteiger partial charge in [0.15, 0.2) is 11.5 Å². The van der Waals surface area contributed by atoms with Gasteiger partial charge in [-0.05, 0) is 64.2 Å². The number of amides is 1. The molecule has 0 spiro atoms. The number of rotatable bonds is 10. The van der Waals surface area contributed by atoms with Crippen molar-refractivity contribution >= 4 is 71.2 Å². The molecule has 22 heteroatoms. The Morgan fingerprint density at radius 1 is 1.12 bits per heavy atom. The number of carbonyl (C=O) groups is 1. The fraction of sp³-hybridized carbons (Fsp3) is 0.294. The Labute approximate surface area is 324 Å². The third kappa shape index (κ3) is 6.47. The summed E-state index contributed by atoms with van der Waals surface area (Å²) in [5.74, 6) is -9.04. The summed E-state index contributed by atoms with van der Waals surface area (Å²) in [5, 5.41) is 10.6. The molecule has 2 N–H and O–H groups in total. The van der Waals surface area contributed by atoms with E-state index < -0.39 is 87.7 Å². The summed E-state index contributed by atoms with van der Waals surface area (Å²) in [6, 6.07) is 5.21. The molecule has 2 aliphatic carbocycles. The summed E-state index contributed by atoms with van der Waals surface area (Å²) in [4.78, 5) is 37.4. The van der Waals surface area contributed by atoms with Crippen molar-refractivity contribution in [1.82, 2.24) is 39.4 Å². The monoisotopic (exact) mass is 883 g/mol. The topological polar surface area (TPSA) is 159 Å². The van der Waals surface area contributed by atoms with Crippen molar-refractivity contribution in [2.24, 2.45) is 13.0 Å². The molecule has 0 bridgehead atoms. The van der Waals surface area contributed by atoms with E-state index in [0.29, 0.717) is 15.2 Å². The molecule has 1 saturated carbocycles. The number of hydrogen-bond donors (Lipinski definition) is 2. The van der Waals surface area contributed by atoms with Gasteiger partial charge >= 0.3 is 0 Å². The first-order chi connectivity index (χ1) is 26.3. The number of hydrogen-bond acceptors (Lipinski definition) is 8. The molecule has 292 valence electrons. The van der Waals surface area contributed by atoms with Crippen LogP contribution in [0.25, 0.3) is 27.6 Å². The molecule has 2 aliphatic rings. The van der Waals surface area contributed by atoms with Gasteiger partial charge in [0.25, 0.3) is 17.9 Å². The molecule has 1 amide bonds. The van der Waals surface area contributed by atoms with Crippen molar-refractivity contribution < 1.29 is 39.6 Å². The quantitative estimate of drug-likeness (QED) is 0.155. The van der Waals surface area contributed by atoms with Crippen molar-refractivity contribution in [1.29, 1.82) is 0 Å². The number of anilines is 1. The summed E-state index contributed by atoms with van der Waals surface area (Å²) in [6.07, 6.45) is -1.42. The zero-order valence-corrected chi connectivity index (χ0v) is 31.8. The van der Waals surface area contributed by atoms with Gasteiger partial charge in [-0.25, -0.2) is 35.9 Å². The van der Waals surface area contributed by atoms with Gasteiger partial charge in [-0.2, -0.15) is 19.0 Å². The average molecular weight is 885 g/mol. The Balaban J connectivity index is 1.32. The fourth-order valence-corrected chi connectivity index (χ4v) is 8.51. The van der Waals surface area contributed by atoms with E-state index in [9.17, 15) is 35.6 Å². The number of halogens is 8. The maximum Gasteiger partial charge on any atom is 0.293 e. The number of carbonyl (C=O) groups excluding carboxylic acids is 1. The Bertz CT molecular complexity index is 2810. The third-order valence-electron chi connectivity index (χ3n) is 9.62. The summed E-state index contributed by atoms with van der Waals surface area (Å²) in [6.45, 7) is -0.978. The van der Waals surface area contributed by atoms with Crippen molar-refractivity contribution in [3.8, 4) is 5.69 Å². The first kappa shape index (κ1) is 37.9. The minimum absolute atomic E-state index is 0.0000883. The molecule has 4 heterocycles. The standard InChI is InChI=1S/C34H25BrClF6N9O4S/c1-49-27-22(4-3-20(36)25(27)31(47-49)48-56(2,54)55)51-32(45-30-18(33(51)53)8-14(35)11-43-30)21(7-13-5-15(37)9-16(38)6-13)44-23(52)12-50-28-24(26(46-50)29(39)40)17-10-19(17)34(28,41)42/h3-6,8-9,11,17,19,21,29H,7,10,12H2,1-2H3,(H,44,52)(H,47,48)/t17-,19+,21-/m0/s1. The molecule has 56 heavy (non-hydrogen) atoms. The van der Waals surface area contributed by atoms with Crippen LogP contribution in [0.3, 0.4) is 0 Å². The number of aryl methyl sites for hydroxylation is 1. The van der Waals surface area contributed by atoms with Crippen LogP contribution in [0.15, 0.2) is 51.9 Å². The zero-order chi connectivity index (χ0) is 40.2. The number of aromatic nitrogens is 7. The van der Waals surface area contributed by atoms with E-state index >= 15 is 8.78 Å². The zero-order valence-electron chi connectivity index (χ0n) is 28.7. The van der Waals surface area contributed by atoms with E-state index in [2.05, 4.69) is 46.1 Å². The van der Waals surface area contributed by atoms with Gasteiger partial charge < -0.3 is 5.32 Å². The molecule has 6 aromatic rings. The Morgan fingerprint density at radius 2 is 1.84 bits per heavy atom. The number of nitrogens with zero attached hydrogens (tertiary/aromatic N) is 7. The average Bonchev–Trinajstić information content (AvgIpc) is 3.63. The second kappa shape index (κ2) is 13.3. The number of fused-ring (bicyclic) bond motifs is 5. The number of benzene rings is 2. The van der Waals surface area contributed by atoms with E-state index in [1.54, 1.807) is 0 Å². The van der Waals surface area contributed by atoms with Gasteiger partial charge in [-0.3, -0.25) is 28.2 Å². The summed E-state index contributed by atoms with van der Waals surface area (Å²) in [7, 11) is -2.45. The highest BCUT2D eigenvalue weighted by atomic mass is 79.9. The number of pyridine rings is 1. The molecule has 4 aromatic heterocycles. The van der Waals surface area contributed by atoms with Gasteiger partial charge in [0.2, 0.25) is 15.9 Å². The minimum atomic E-state index is -3.89. The summed E-state index contributed by atoms with van der Waals surface area (Å²) >= 11 is 9.84. The predicted octanol–water partition coefficient (Wildman–Crippen LogP) is 6.18. The van der Waals surface area contributed by atoms with Crippen LogP contribution in [0, 0.1) is 17.6 Å². The van der Waals surface area contributed by atoms with Gasteiger partial charge in [-0.15, -0.1) is 0 Å². The van der Waals surface area contributed by atoms with E-state index in [-0.39, 0.29) is 61.8 Å². The lowest BCUT2D eigenvalue weighted by molar-refractivity contribution is -0.123. The summed E-state index contributed by atoms with van der Waals surface area (Å²) < 4.78 is 118. The number of nitrogens with one attached hydrogen (secondary N) is 2. The highest BCUT2D eigenvalue weighted by Gasteiger charge is 2.67. The lowest BCUT2D eigenvalue weighted by atomic mass is 10.0. The van der Waals surface area contributed by atoms with Crippen molar-refractivity contribution in [2.45, 2.75) is 43.7 Å². The van der Waals surface area contributed by atoms with Crippen LogP contribution < -0.4 is 15.6 Å². The van der Waals surface area contributed by atoms with Crippen LogP contribution in [0.4, 0.5) is 32.2 Å². The maximum absolute atomic E-state index is 15.4. The molecule has 2 aromatic carbocycles. The van der Waals surface area contributed by atoms with Crippen LogP contribution in [-0.2, 0) is 40.8 Å². The van der Waals surface area contributed by atoms with Crippen LogP contribution in [-0.4, -0.2) is 54.7 Å². The van der Waals surface area contributed by atoms with E-state index in [1.165, 1.54) is 36.1 Å². The molecule has 0 unspecified atom stereocenters. The van der Waals surface area contributed by atoms with Crippen LogP contribution in [0.1, 0.15) is 53.1 Å². The van der Waals surface area contributed by atoms with Crippen molar-refractivity contribution in [2.75, 3.05) is 11.0 Å². The lowest BCUT2D eigenvalue weighted by Gasteiger charge is -2.24. The molecule has 8 rings (SSSR count). The Hall–Kier alpha value is -5.02. The molecular weight excluding hydrogens is 860 g/mol. The second-order valence-electron chi connectivity index (χ2n) is 13.6. The van der Waals surface area contributed by atoms with E-state index in [1.807, 2.05) is 0 Å². The minimum Gasteiger partial charge on any atom is -0.344 e. The van der Waals surface area contributed by atoms with Crippen LogP contribution in [0.5, 0.6) is 0 Å². The number of sulfonamides is 1. The molecule has 1 fully saturated rings. The van der Waals surface area contributed by atoms with Crippen molar-refractivity contribution in [3.05, 3.63) is 102 Å². The van der Waals surface area contributed by atoms with Crippen LogP contribution in [0.2, 0.25) is 5.02 Å². The summed E-state index contributed by atoms with van der Waals surface area (Å²) in [5.41, 5.74) is -2.77. The van der Waals surface area contributed by atoms with Gasteiger partial charge in [0.1, 0.15) is 35.4 Å². The largest absolute Gasteiger partial charge is 0.344 e. The first-order valence-corrected chi connectivity index (χ1v) is 19.6. The smallest absolute Gasteiger partial charge is 0.293 e. The normalized spacial score (nSPS) is 17.7. The Morgan fingerprint density at radius 3 is 2.52 bits per heavy atom. The van der Waals surface area contributed by atoms with Gasteiger partial charge in [0, 0.05) is 41.7 Å². The highest BCUT2D eigenvalue weighted by Crippen LogP contribution is 2.68.